The van der Waals surface area contributed by atoms with Crippen LogP contribution in [-0.2, 0) is 4.79 Å². The average molecular weight is 259 g/mol. The number of hydrogen-bond acceptors (Lipinski definition) is 3. The Labute approximate surface area is 113 Å². The number of aryl methyl sites for hydroxylation is 1. The molecule has 19 heavy (non-hydrogen) atoms. The topological polar surface area (TPSA) is 53.2 Å². The molecule has 1 aliphatic carbocycles. The molecule has 3 atom stereocenters. The summed E-state index contributed by atoms with van der Waals surface area (Å²) in [6.45, 7) is 4.11. The Hall–Kier alpha value is -1.39. The van der Waals surface area contributed by atoms with E-state index < -0.39 is 0 Å². The molecular formula is C15H21N3O. The summed E-state index contributed by atoms with van der Waals surface area (Å²) >= 11 is 0. The van der Waals surface area contributed by atoms with Gasteiger partial charge < -0.3 is 5.32 Å². The van der Waals surface area contributed by atoms with Gasteiger partial charge in [-0.3, -0.25) is 10.2 Å². The lowest BCUT2D eigenvalue weighted by Crippen LogP contribution is -2.42. The van der Waals surface area contributed by atoms with Crippen molar-refractivity contribution >= 4 is 11.6 Å². The molecule has 1 aromatic rings. The number of nitrogens with one attached hydrogen (secondary N) is 3. The van der Waals surface area contributed by atoms with Gasteiger partial charge in [-0.1, -0.05) is 18.6 Å². The van der Waals surface area contributed by atoms with Gasteiger partial charge in [-0.05, 0) is 43.9 Å². The van der Waals surface area contributed by atoms with Crippen LogP contribution in [0.5, 0.6) is 0 Å². The Bertz CT molecular complexity index is 500. The minimum Gasteiger partial charge on any atom is -0.324 e. The van der Waals surface area contributed by atoms with E-state index in [2.05, 4.69) is 29.2 Å². The van der Waals surface area contributed by atoms with E-state index in [0.29, 0.717) is 12.0 Å². The Morgan fingerprint density at radius 1 is 1.26 bits per heavy atom. The number of hydrogen-bond donors (Lipinski definition) is 3. The fourth-order valence-electron chi connectivity index (χ4n) is 3.23. The molecule has 3 rings (SSSR count). The summed E-state index contributed by atoms with van der Waals surface area (Å²) in [6.07, 6.45) is 3.53. The molecule has 1 amide bonds. The van der Waals surface area contributed by atoms with E-state index in [1.54, 1.807) is 0 Å². The number of carbonyl (C=O) groups is 1. The van der Waals surface area contributed by atoms with E-state index in [1.165, 1.54) is 18.4 Å². The molecule has 0 aromatic heterocycles. The Morgan fingerprint density at radius 3 is 2.95 bits per heavy atom. The van der Waals surface area contributed by atoms with Crippen LogP contribution in [0.3, 0.4) is 0 Å². The third-order valence-corrected chi connectivity index (χ3v) is 4.57. The summed E-state index contributed by atoms with van der Waals surface area (Å²) < 4.78 is 0. The van der Waals surface area contributed by atoms with Crippen molar-refractivity contribution in [3.8, 4) is 0 Å². The number of rotatable bonds is 2. The largest absolute Gasteiger partial charge is 0.324 e. The van der Waals surface area contributed by atoms with Gasteiger partial charge in [-0.2, -0.15) is 0 Å². The SMILES string of the molecule is Cc1cccc(NC(=O)C2NNC3CCCC32)c1C. The summed E-state index contributed by atoms with van der Waals surface area (Å²) in [5.74, 6) is 0.515. The van der Waals surface area contributed by atoms with Crippen molar-refractivity contribution in [1.29, 1.82) is 0 Å². The van der Waals surface area contributed by atoms with E-state index in [0.717, 1.165) is 17.7 Å². The van der Waals surface area contributed by atoms with Crippen LogP contribution in [0.4, 0.5) is 5.69 Å². The van der Waals surface area contributed by atoms with Gasteiger partial charge in [0.2, 0.25) is 5.91 Å². The molecule has 0 bridgehead atoms. The van der Waals surface area contributed by atoms with Crippen molar-refractivity contribution in [2.75, 3.05) is 5.32 Å². The van der Waals surface area contributed by atoms with Crippen LogP contribution in [0.15, 0.2) is 18.2 Å². The molecule has 3 N–H and O–H groups in total. The van der Waals surface area contributed by atoms with Gasteiger partial charge >= 0.3 is 0 Å². The highest BCUT2D eigenvalue weighted by molar-refractivity contribution is 5.96. The zero-order chi connectivity index (χ0) is 13.4. The van der Waals surface area contributed by atoms with Gasteiger partial charge in [0.15, 0.2) is 0 Å². The third-order valence-electron chi connectivity index (χ3n) is 4.57. The maximum Gasteiger partial charge on any atom is 0.243 e. The lowest BCUT2D eigenvalue weighted by molar-refractivity contribution is -0.118. The molecule has 1 saturated heterocycles. The quantitative estimate of drug-likeness (QED) is 0.760. The monoisotopic (exact) mass is 259 g/mol. The zero-order valence-electron chi connectivity index (χ0n) is 11.5. The highest BCUT2D eigenvalue weighted by atomic mass is 16.2. The fraction of sp³-hybridized carbons (Fsp3) is 0.533. The molecule has 0 radical (unpaired) electrons. The van der Waals surface area contributed by atoms with Crippen LogP contribution in [0.25, 0.3) is 0 Å². The molecule has 0 spiro atoms. The third kappa shape index (κ3) is 2.26. The Morgan fingerprint density at radius 2 is 2.11 bits per heavy atom. The zero-order valence-corrected chi connectivity index (χ0v) is 11.5. The molecule has 3 unspecified atom stereocenters. The predicted molar refractivity (Wildman–Crippen MR) is 75.7 cm³/mol. The van der Waals surface area contributed by atoms with Gasteiger partial charge in [0.1, 0.15) is 6.04 Å². The second-order valence-electron chi connectivity index (χ2n) is 5.70. The number of fused-ring (bicyclic) bond motifs is 1. The van der Waals surface area contributed by atoms with Crippen LogP contribution in [0.1, 0.15) is 30.4 Å². The van der Waals surface area contributed by atoms with Crippen LogP contribution < -0.4 is 16.2 Å². The van der Waals surface area contributed by atoms with Crippen molar-refractivity contribution < 1.29 is 4.79 Å². The molecule has 1 aliphatic heterocycles. The average Bonchev–Trinajstić information content (AvgIpc) is 2.96. The molecule has 1 saturated carbocycles. The number of benzene rings is 1. The first kappa shape index (κ1) is 12.6. The standard InChI is InChI=1S/C15H21N3O/c1-9-5-3-7-12(10(9)2)16-15(19)14-11-6-4-8-13(11)17-18-14/h3,5,7,11,13-14,17-18H,4,6,8H2,1-2H3,(H,16,19). The molecule has 102 valence electrons. The first-order chi connectivity index (χ1) is 9.16. The van der Waals surface area contributed by atoms with Crippen molar-refractivity contribution in [2.45, 2.75) is 45.2 Å². The maximum absolute atomic E-state index is 12.4. The van der Waals surface area contributed by atoms with E-state index >= 15 is 0 Å². The molecule has 2 fully saturated rings. The van der Waals surface area contributed by atoms with Gasteiger partial charge in [-0.25, -0.2) is 5.43 Å². The lowest BCUT2D eigenvalue weighted by atomic mass is 9.96. The number of hydrazine groups is 1. The summed E-state index contributed by atoms with van der Waals surface area (Å²) in [5.41, 5.74) is 9.67. The van der Waals surface area contributed by atoms with Gasteiger partial charge in [0, 0.05) is 17.6 Å². The van der Waals surface area contributed by atoms with Crippen molar-refractivity contribution in [3.63, 3.8) is 0 Å². The summed E-state index contributed by atoms with van der Waals surface area (Å²) in [5, 5.41) is 3.06. The molecule has 2 aliphatic rings. The molecule has 4 heteroatoms. The summed E-state index contributed by atoms with van der Waals surface area (Å²) in [4.78, 5) is 12.4. The van der Waals surface area contributed by atoms with E-state index in [1.807, 2.05) is 19.1 Å². The first-order valence-corrected chi connectivity index (χ1v) is 7.05. The highest BCUT2D eigenvalue weighted by Crippen LogP contribution is 2.32. The van der Waals surface area contributed by atoms with Gasteiger partial charge in [-0.15, -0.1) is 0 Å². The maximum atomic E-state index is 12.4. The molecule has 4 nitrogen and oxygen atoms in total. The Kier molecular flexibility index (Phi) is 3.29. The van der Waals surface area contributed by atoms with Gasteiger partial charge in [0.05, 0.1) is 0 Å². The fourth-order valence-corrected chi connectivity index (χ4v) is 3.23. The second kappa shape index (κ2) is 4.94. The number of anilines is 1. The smallest absolute Gasteiger partial charge is 0.243 e. The lowest BCUT2D eigenvalue weighted by Gasteiger charge is -2.18. The molecule has 1 aromatic carbocycles. The van der Waals surface area contributed by atoms with Crippen LogP contribution in [0.2, 0.25) is 0 Å². The minimum absolute atomic E-state index is 0.0793. The number of carbonyl (C=O) groups excluding carboxylic acids is 1. The van der Waals surface area contributed by atoms with Crippen molar-refractivity contribution in [1.82, 2.24) is 10.9 Å². The van der Waals surface area contributed by atoms with Crippen LogP contribution in [-0.4, -0.2) is 18.0 Å². The van der Waals surface area contributed by atoms with Crippen molar-refractivity contribution in [3.05, 3.63) is 29.3 Å². The van der Waals surface area contributed by atoms with E-state index in [-0.39, 0.29) is 11.9 Å². The molecule has 1 heterocycles. The van der Waals surface area contributed by atoms with Crippen molar-refractivity contribution in [2.24, 2.45) is 5.92 Å². The summed E-state index contributed by atoms with van der Waals surface area (Å²) in [7, 11) is 0. The Balaban J connectivity index is 1.73. The second-order valence-corrected chi connectivity index (χ2v) is 5.70. The first-order valence-electron chi connectivity index (χ1n) is 7.05. The van der Waals surface area contributed by atoms with Gasteiger partial charge in [0.25, 0.3) is 0 Å². The van der Waals surface area contributed by atoms with Crippen LogP contribution in [0, 0.1) is 19.8 Å². The van der Waals surface area contributed by atoms with E-state index in [9.17, 15) is 4.79 Å². The number of amides is 1. The van der Waals surface area contributed by atoms with E-state index in [4.69, 9.17) is 0 Å². The highest BCUT2D eigenvalue weighted by Gasteiger charge is 2.42. The normalized spacial score (nSPS) is 29.3. The van der Waals surface area contributed by atoms with Crippen LogP contribution >= 0.6 is 0 Å². The minimum atomic E-state index is -0.104. The summed E-state index contributed by atoms with van der Waals surface area (Å²) in [6, 6.07) is 6.38. The molecular weight excluding hydrogens is 238 g/mol. The predicted octanol–water partition coefficient (Wildman–Crippen LogP) is 1.89.